The Kier molecular flexibility index (Phi) is 3.40. The molecule has 1 N–H and O–H groups in total. The smallest absolute Gasteiger partial charge is 0.359 e. The second-order valence-corrected chi connectivity index (χ2v) is 4.47. The zero-order valence-corrected chi connectivity index (χ0v) is 10.4. The lowest BCUT2D eigenvalue weighted by Gasteiger charge is -1.98. The minimum Gasteiger partial charge on any atom is -0.476 e. The molecule has 1 heterocycles. The molecular formula is C11H8ClNO3S. The molecule has 0 radical (unpaired) electrons. The number of aromatic carboxylic acids is 1. The first kappa shape index (κ1) is 12.0. The average Bonchev–Trinajstić information content (AvgIpc) is 2.71. The van der Waals surface area contributed by atoms with Gasteiger partial charge in [-0.1, -0.05) is 16.8 Å². The Balaban J connectivity index is 2.42. The molecule has 0 unspecified atom stereocenters. The molecule has 0 atom stereocenters. The van der Waals surface area contributed by atoms with E-state index in [0.717, 1.165) is 4.90 Å². The molecule has 88 valence electrons. The Morgan fingerprint density at radius 3 is 2.53 bits per heavy atom. The van der Waals surface area contributed by atoms with Gasteiger partial charge in [0.05, 0.1) is 0 Å². The third-order valence-corrected chi connectivity index (χ3v) is 3.28. The van der Waals surface area contributed by atoms with Gasteiger partial charge in [0.1, 0.15) is 5.02 Å². The van der Waals surface area contributed by atoms with Gasteiger partial charge < -0.3 is 9.63 Å². The van der Waals surface area contributed by atoms with E-state index in [4.69, 9.17) is 21.2 Å². The maximum Gasteiger partial charge on any atom is 0.359 e. The van der Waals surface area contributed by atoms with Gasteiger partial charge in [0.25, 0.3) is 0 Å². The van der Waals surface area contributed by atoms with Gasteiger partial charge in [0, 0.05) is 10.5 Å². The highest BCUT2D eigenvalue weighted by Crippen LogP contribution is 2.31. The molecular weight excluding hydrogens is 262 g/mol. The van der Waals surface area contributed by atoms with Crippen LogP contribution in [0.5, 0.6) is 0 Å². The van der Waals surface area contributed by atoms with Crippen LogP contribution in [0.4, 0.5) is 0 Å². The fraction of sp³-hybridized carbons (Fsp3) is 0.0909. The van der Waals surface area contributed by atoms with E-state index < -0.39 is 5.97 Å². The molecule has 0 aliphatic heterocycles. The number of carboxylic acids is 1. The van der Waals surface area contributed by atoms with Crippen LogP contribution in [0, 0.1) is 0 Å². The number of carboxylic acid groups (broad SMARTS) is 1. The average molecular weight is 270 g/mol. The fourth-order valence-electron chi connectivity index (χ4n) is 1.33. The van der Waals surface area contributed by atoms with Crippen molar-refractivity contribution in [3.8, 4) is 11.3 Å². The predicted octanol–water partition coefficient (Wildman–Crippen LogP) is 3.42. The lowest BCUT2D eigenvalue weighted by molar-refractivity contribution is 0.0686. The maximum atomic E-state index is 10.8. The van der Waals surface area contributed by atoms with Crippen molar-refractivity contribution in [1.29, 1.82) is 0 Å². The molecule has 6 heteroatoms. The Morgan fingerprint density at radius 2 is 2.06 bits per heavy atom. The lowest BCUT2D eigenvalue weighted by atomic mass is 10.1. The van der Waals surface area contributed by atoms with Gasteiger partial charge in [0.2, 0.25) is 5.69 Å². The Morgan fingerprint density at radius 1 is 1.41 bits per heavy atom. The second kappa shape index (κ2) is 4.81. The minimum absolute atomic E-state index is 0.0226. The van der Waals surface area contributed by atoms with Crippen LogP contribution >= 0.6 is 23.4 Å². The summed E-state index contributed by atoms with van der Waals surface area (Å²) in [6, 6.07) is 7.42. The molecule has 17 heavy (non-hydrogen) atoms. The first-order chi connectivity index (χ1) is 8.13. The monoisotopic (exact) mass is 269 g/mol. The Hall–Kier alpha value is -1.46. The Labute approximate surface area is 107 Å². The van der Waals surface area contributed by atoms with Crippen molar-refractivity contribution in [3.05, 3.63) is 35.0 Å². The minimum atomic E-state index is -1.20. The highest BCUT2D eigenvalue weighted by molar-refractivity contribution is 7.98. The van der Waals surface area contributed by atoms with Gasteiger partial charge in [-0.15, -0.1) is 11.8 Å². The fourth-order valence-corrected chi connectivity index (χ4v) is 2.00. The summed E-state index contributed by atoms with van der Waals surface area (Å²) in [6.07, 6.45) is 1.97. The van der Waals surface area contributed by atoms with E-state index in [1.165, 1.54) is 0 Å². The van der Waals surface area contributed by atoms with E-state index in [2.05, 4.69) is 5.16 Å². The van der Waals surface area contributed by atoms with Crippen LogP contribution in [0.1, 0.15) is 10.5 Å². The summed E-state index contributed by atoms with van der Waals surface area (Å²) in [4.78, 5) is 11.9. The molecule has 1 aromatic carbocycles. The number of aromatic nitrogens is 1. The van der Waals surface area contributed by atoms with E-state index in [1.807, 2.05) is 30.5 Å². The summed E-state index contributed by atoms with van der Waals surface area (Å²) in [5.74, 6) is -0.928. The molecule has 0 fully saturated rings. The summed E-state index contributed by atoms with van der Waals surface area (Å²) in [5.41, 5.74) is 0.434. The van der Waals surface area contributed by atoms with Crippen molar-refractivity contribution in [2.45, 2.75) is 4.90 Å². The van der Waals surface area contributed by atoms with Crippen molar-refractivity contribution in [3.63, 3.8) is 0 Å². The van der Waals surface area contributed by atoms with Crippen LogP contribution in [-0.4, -0.2) is 22.5 Å². The van der Waals surface area contributed by atoms with Crippen LogP contribution in [0.3, 0.4) is 0 Å². The summed E-state index contributed by atoms with van der Waals surface area (Å²) in [6.45, 7) is 0. The summed E-state index contributed by atoms with van der Waals surface area (Å²) in [5, 5.41) is 12.2. The van der Waals surface area contributed by atoms with Crippen LogP contribution in [0.25, 0.3) is 11.3 Å². The third-order valence-electron chi connectivity index (χ3n) is 2.19. The standard InChI is InChI=1S/C11H8ClNO3S/c1-17-7-4-2-6(3-5-7)10-8(12)9(11(14)15)13-16-10/h2-5H,1H3,(H,14,15). The van der Waals surface area contributed by atoms with Crippen molar-refractivity contribution in [2.75, 3.05) is 6.26 Å². The molecule has 0 bridgehead atoms. The maximum absolute atomic E-state index is 10.8. The molecule has 1 aromatic heterocycles. The lowest BCUT2D eigenvalue weighted by Crippen LogP contribution is -1.96. The molecule has 4 nitrogen and oxygen atoms in total. The Bertz CT molecular complexity index is 550. The van der Waals surface area contributed by atoms with Gasteiger partial charge in [-0.25, -0.2) is 4.79 Å². The highest BCUT2D eigenvalue weighted by Gasteiger charge is 2.20. The molecule has 0 saturated carbocycles. The zero-order chi connectivity index (χ0) is 12.4. The normalized spacial score (nSPS) is 10.5. The molecule has 0 aliphatic carbocycles. The molecule has 0 amide bonds. The van der Waals surface area contributed by atoms with Crippen molar-refractivity contribution in [1.82, 2.24) is 5.16 Å². The zero-order valence-electron chi connectivity index (χ0n) is 8.81. The number of carbonyl (C=O) groups is 1. The number of nitrogens with zero attached hydrogens (tertiary/aromatic N) is 1. The molecule has 0 saturated heterocycles. The SMILES string of the molecule is CSc1ccc(-c2onc(C(=O)O)c2Cl)cc1. The van der Waals surface area contributed by atoms with Gasteiger partial charge in [-0.2, -0.15) is 0 Å². The number of benzene rings is 1. The van der Waals surface area contributed by atoms with Gasteiger partial charge >= 0.3 is 5.97 Å². The van der Waals surface area contributed by atoms with Crippen LogP contribution in [0.2, 0.25) is 5.02 Å². The topological polar surface area (TPSA) is 63.3 Å². The largest absolute Gasteiger partial charge is 0.476 e. The van der Waals surface area contributed by atoms with Crippen molar-refractivity contribution < 1.29 is 14.4 Å². The quantitative estimate of drug-likeness (QED) is 0.865. The van der Waals surface area contributed by atoms with E-state index >= 15 is 0 Å². The first-order valence-corrected chi connectivity index (χ1v) is 6.26. The third kappa shape index (κ3) is 2.30. The summed E-state index contributed by atoms with van der Waals surface area (Å²) >= 11 is 7.50. The molecule has 0 aliphatic rings. The molecule has 2 rings (SSSR count). The van der Waals surface area contributed by atoms with E-state index in [1.54, 1.807) is 11.8 Å². The summed E-state index contributed by atoms with van der Waals surface area (Å²) in [7, 11) is 0. The first-order valence-electron chi connectivity index (χ1n) is 4.66. The molecule has 2 aromatic rings. The highest BCUT2D eigenvalue weighted by atomic mass is 35.5. The van der Waals surface area contributed by atoms with Gasteiger partial charge in [-0.05, 0) is 30.5 Å². The number of halogens is 1. The van der Waals surface area contributed by atoms with E-state index in [-0.39, 0.29) is 16.5 Å². The second-order valence-electron chi connectivity index (χ2n) is 3.21. The number of hydrogen-bond donors (Lipinski definition) is 1. The molecule has 0 spiro atoms. The van der Waals surface area contributed by atoms with Crippen molar-refractivity contribution in [2.24, 2.45) is 0 Å². The number of thioether (sulfide) groups is 1. The van der Waals surface area contributed by atoms with Crippen molar-refractivity contribution >= 4 is 29.3 Å². The van der Waals surface area contributed by atoms with E-state index in [9.17, 15) is 4.79 Å². The van der Waals surface area contributed by atoms with Gasteiger partial charge in [0.15, 0.2) is 5.76 Å². The van der Waals surface area contributed by atoms with Crippen LogP contribution < -0.4 is 0 Å². The number of hydrogen-bond acceptors (Lipinski definition) is 4. The van der Waals surface area contributed by atoms with Gasteiger partial charge in [-0.3, -0.25) is 0 Å². The predicted molar refractivity (Wildman–Crippen MR) is 65.7 cm³/mol. The van der Waals surface area contributed by atoms with Crippen LogP contribution in [-0.2, 0) is 0 Å². The van der Waals surface area contributed by atoms with E-state index in [0.29, 0.717) is 5.56 Å². The number of rotatable bonds is 3. The summed E-state index contributed by atoms with van der Waals surface area (Å²) < 4.78 is 4.95. The van der Waals surface area contributed by atoms with Crippen LogP contribution in [0.15, 0.2) is 33.7 Å².